The average Bonchev–Trinajstić information content (AvgIpc) is 2.45. The summed E-state index contributed by atoms with van der Waals surface area (Å²) in [5.74, 6) is -0.744. The number of aliphatic hydroxyl groups excluding tert-OH is 1. The molecule has 0 saturated carbocycles. The first-order valence-corrected chi connectivity index (χ1v) is 7.36. The molecule has 0 spiro atoms. The van der Waals surface area contributed by atoms with Gasteiger partial charge in [-0.1, -0.05) is 13.8 Å². The smallest absolute Gasteiger partial charge is 0.330 e. The van der Waals surface area contributed by atoms with Gasteiger partial charge in [-0.25, -0.2) is 4.79 Å². The molecule has 21 heavy (non-hydrogen) atoms. The van der Waals surface area contributed by atoms with Crippen LogP contribution in [-0.2, 0) is 19.1 Å². The van der Waals surface area contributed by atoms with Gasteiger partial charge in [0.05, 0.1) is 31.5 Å². The molecule has 0 fully saturated rings. The SMILES string of the molecule is CCOC(=O)/C=C/[C@@H](OC(CC)CC)[C@@H](CO)NC(C)=O. The Bertz CT molecular complexity index is 339. The Balaban J connectivity index is 4.96. The molecule has 1 amide bonds. The van der Waals surface area contributed by atoms with Crippen LogP contribution in [-0.4, -0.2) is 48.4 Å². The van der Waals surface area contributed by atoms with Crippen LogP contribution >= 0.6 is 0 Å². The summed E-state index contributed by atoms with van der Waals surface area (Å²) < 4.78 is 10.7. The highest BCUT2D eigenvalue weighted by Gasteiger charge is 2.23. The van der Waals surface area contributed by atoms with E-state index in [1.807, 2.05) is 13.8 Å². The van der Waals surface area contributed by atoms with Crippen LogP contribution in [0.2, 0.25) is 0 Å². The predicted octanol–water partition coefficient (Wildman–Crippen LogP) is 1.18. The summed E-state index contributed by atoms with van der Waals surface area (Å²) in [5.41, 5.74) is 0. The Kier molecular flexibility index (Phi) is 10.5. The van der Waals surface area contributed by atoms with E-state index in [0.29, 0.717) is 0 Å². The van der Waals surface area contributed by atoms with Crippen molar-refractivity contribution in [2.45, 2.75) is 58.8 Å². The van der Waals surface area contributed by atoms with Crippen molar-refractivity contribution in [3.05, 3.63) is 12.2 Å². The lowest BCUT2D eigenvalue weighted by Gasteiger charge is -2.27. The maximum atomic E-state index is 11.4. The summed E-state index contributed by atoms with van der Waals surface area (Å²) in [6.45, 7) is 7.08. The van der Waals surface area contributed by atoms with Crippen molar-refractivity contribution in [1.29, 1.82) is 0 Å². The lowest BCUT2D eigenvalue weighted by Crippen LogP contribution is -2.46. The number of carbonyl (C=O) groups excluding carboxylic acids is 2. The summed E-state index contributed by atoms with van der Waals surface area (Å²) >= 11 is 0. The molecule has 6 heteroatoms. The predicted molar refractivity (Wildman–Crippen MR) is 79.7 cm³/mol. The van der Waals surface area contributed by atoms with Crippen LogP contribution in [0.15, 0.2) is 12.2 Å². The molecule has 0 heterocycles. The van der Waals surface area contributed by atoms with Gasteiger partial charge in [-0.05, 0) is 25.8 Å². The summed E-state index contributed by atoms with van der Waals surface area (Å²) in [6.07, 6.45) is 3.79. The number of hydrogen-bond donors (Lipinski definition) is 2. The van der Waals surface area contributed by atoms with Gasteiger partial charge in [0.1, 0.15) is 0 Å². The molecule has 0 radical (unpaired) electrons. The number of ether oxygens (including phenoxy) is 2. The van der Waals surface area contributed by atoms with E-state index in [1.54, 1.807) is 6.92 Å². The van der Waals surface area contributed by atoms with Crippen molar-refractivity contribution < 1.29 is 24.2 Å². The number of carbonyl (C=O) groups is 2. The molecule has 0 aromatic carbocycles. The topological polar surface area (TPSA) is 84.9 Å². The molecule has 0 aliphatic heterocycles. The van der Waals surface area contributed by atoms with Crippen LogP contribution in [0.3, 0.4) is 0 Å². The molecule has 0 saturated heterocycles. The van der Waals surface area contributed by atoms with E-state index in [0.717, 1.165) is 12.8 Å². The van der Waals surface area contributed by atoms with E-state index < -0.39 is 18.1 Å². The molecule has 0 bridgehead atoms. The molecule has 2 N–H and O–H groups in total. The van der Waals surface area contributed by atoms with Crippen molar-refractivity contribution in [3.8, 4) is 0 Å². The maximum Gasteiger partial charge on any atom is 0.330 e. The fourth-order valence-corrected chi connectivity index (χ4v) is 1.83. The highest BCUT2D eigenvalue weighted by molar-refractivity contribution is 5.82. The first kappa shape index (κ1) is 19.6. The van der Waals surface area contributed by atoms with Crippen molar-refractivity contribution >= 4 is 11.9 Å². The van der Waals surface area contributed by atoms with Crippen molar-refractivity contribution in [2.75, 3.05) is 13.2 Å². The first-order chi connectivity index (χ1) is 9.98. The molecule has 0 unspecified atom stereocenters. The molecule has 0 aromatic heterocycles. The van der Waals surface area contributed by atoms with Crippen molar-refractivity contribution in [3.63, 3.8) is 0 Å². The fraction of sp³-hybridized carbons (Fsp3) is 0.733. The van der Waals surface area contributed by atoms with E-state index in [2.05, 4.69) is 5.32 Å². The van der Waals surface area contributed by atoms with Crippen LogP contribution in [0.1, 0.15) is 40.5 Å². The molecule has 122 valence electrons. The lowest BCUT2D eigenvalue weighted by atomic mass is 10.1. The van der Waals surface area contributed by atoms with Crippen LogP contribution in [0.25, 0.3) is 0 Å². The zero-order valence-electron chi connectivity index (χ0n) is 13.3. The fourth-order valence-electron chi connectivity index (χ4n) is 1.83. The third-order valence-electron chi connectivity index (χ3n) is 2.95. The lowest BCUT2D eigenvalue weighted by molar-refractivity contribution is -0.137. The zero-order valence-corrected chi connectivity index (χ0v) is 13.3. The van der Waals surface area contributed by atoms with Crippen LogP contribution in [0.5, 0.6) is 0 Å². The number of aliphatic hydroxyl groups is 1. The molecule has 0 aliphatic rings. The Morgan fingerprint density at radius 1 is 1.24 bits per heavy atom. The number of rotatable bonds is 10. The molecule has 0 rings (SSSR count). The Morgan fingerprint density at radius 3 is 2.29 bits per heavy atom. The Morgan fingerprint density at radius 2 is 1.86 bits per heavy atom. The van der Waals surface area contributed by atoms with Crippen molar-refractivity contribution in [2.24, 2.45) is 0 Å². The van der Waals surface area contributed by atoms with Crippen LogP contribution < -0.4 is 5.32 Å². The molecule has 6 nitrogen and oxygen atoms in total. The molecule has 0 aliphatic carbocycles. The van der Waals surface area contributed by atoms with Gasteiger partial charge in [0.15, 0.2) is 0 Å². The second-order valence-corrected chi connectivity index (χ2v) is 4.64. The van der Waals surface area contributed by atoms with E-state index >= 15 is 0 Å². The Hall–Kier alpha value is -1.40. The Labute approximate surface area is 126 Å². The maximum absolute atomic E-state index is 11.4. The van der Waals surface area contributed by atoms with E-state index in [-0.39, 0.29) is 25.2 Å². The van der Waals surface area contributed by atoms with E-state index in [9.17, 15) is 14.7 Å². The number of amides is 1. The highest BCUT2D eigenvalue weighted by Crippen LogP contribution is 2.11. The van der Waals surface area contributed by atoms with Crippen LogP contribution in [0, 0.1) is 0 Å². The first-order valence-electron chi connectivity index (χ1n) is 7.36. The standard InChI is InChI=1S/C15H27NO5/c1-5-12(6-2)21-14(8-9-15(19)20-7-3)13(10-17)16-11(4)18/h8-9,12-14,17H,5-7,10H2,1-4H3,(H,16,18)/b9-8+/t13-,14-/m1/s1. The van der Waals surface area contributed by atoms with Gasteiger partial charge in [-0.3, -0.25) is 4.79 Å². The second kappa shape index (κ2) is 11.3. The monoisotopic (exact) mass is 301 g/mol. The van der Waals surface area contributed by atoms with Gasteiger partial charge in [-0.15, -0.1) is 0 Å². The van der Waals surface area contributed by atoms with Gasteiger partial charge >= 0.3 is 5.97 Å². The minimum Gasteiger partial charge on any atom is -0.463 e. The number of nitrogens with one attached hydrogen (secondary N) is 1. The molecule has 0 aromatic rings. The van der Waals surface area contributed by atoms with Gasteiger partial charge in [0.2, 0.25) is 5.91 Å². The second-order valence-electron chi connectivity index (χ2n) is 4.64. The third-order valence-corrected chi connectivity index (χ3v) is 2.95. The quantitative estimate of drug-likeness (QED) is 0.467. The van der Waals surface area contributed by atoms with Gasteiger partial charge in [0, 0.05) is 13.0 Å². The van der Waals surface area contributed by atoms with Gasteiger partial charge < -0.3 is 19.9 Å². The summed E-state index contributed by atoms with van der Waals surface area (Å²) in [5, 5.41) is 12.0. The van der Waals surface area contributed by atoms with Gasteiger partial charge in [-0.2, -0.15) is 0 Å². The zero-order chi connectivity index (χ0) is 16.3. The third kappa shape index (κ3) is 8.47. The molecular formula is C15H27NO5. The van der Waals surface area contributed by atoms with E-state index in [4.69, 9.17) is 9.47 Å². The molecular weight excluding hydrogens is 274 g/mol. The molecule has 2 atom stereocenters. The van der Waals surface area contributed by atoms with E-state index in [1.165, 1.54) is 19.1 Å². The summed E-state index contributed by atoms with van der Waals surface area (Å²) in [6, 6.07) is -0.603. The largest absolute Gasteiger partial charge is 0.463 e. The average molecular weight is 301 g/mol. The number of hydrogen-bond acceptors (Lipinski definition) is 5. The van der Waals surface area contributed by atoms with Gasteiger partial charge in [0.25, 0.3) is 0 Å². The minimum absolute atomic E-state index is 0.00958. The van der Waals surface area contributed by atoms with Crippen molar-refractivity contribution in [1.82, 2.24) is 5.32 Å². The summed E-state index contributed by atoms with van der Waals surface area (Å²) in [4.78, 5) is 22.6. The van der Waals surface area contributed by atoms with Crippen LogP contribution in [0.4, 0.5) is 0 Å². The minimum atomic E-state index is -0.603. The highest BCUT2D eigenvalue weighted by atomic mass is 16.5. The summed E-state index contributed by atoms with van der Waals surface area (Å²) in [7, 11) is 0. The number of esters is 1. The normalized spacial score (nSPS) is 14.2.